The van der Waals surface area contributed by atoms with Crippen LogP contribution in [-0.4, -0.2) is 13.1 Å². The number of allylic oxidation sites excluding steroid dienone is 1. The smallest absolute Gasteiger partial charge is 0.336 e. The van der Waals surface area contributed by atoms with Crippen molar-refractivity contribution in [1.29, 1.82) is 5.26 Å². The van der Waals surface area contributed by atoms with Crippen LogP contribution in [0, 0.1) is 11.3 Å². The number of ether oxygens (including phenoxy) is 1. The SMILES string of the molecule is COC(=O)C1=CNC=C(C#N)C1c1ccco1. The molecule has 2 rings (SSSR count). The summed E-state index contributed by atoms with van der Waals surface area (Å²) < 4.78 is 9.95. The predicted octanol–water partition coefficient (Wildman–Crippen LogP) is 1.43. The Bertz CT molecular complexity index is 520. The number of furan rings is 1. The molecule has 5 heteroatoms. The van der Waals surface area contributed by atoms with Crippen molar-refractivity contribution in [1.82, 2.24) is 5.32 Å². The molecule has 1 unspecified atom stereocenters. The topological polar surface area (TPSA) is 75.3 Å². The summed E-state index contributed by atoms with van der Waals surface area (Å²) in [7, 11) is 1.30. The molecule has 0 saturated carbocycles. The van der Waals surface area contributed by atoms with Crippen LogP contribution in [-0.2, 0) is 9.53 Å². The average molecular weight is 230 g/mol. The molecule has 1 atom stereocenters. The third kappa shape index (κ3) is 1.93. The van der Waals surface area contributed by atoms with Gasteiger partial charge in [0.05, 0.1) is 36.5 Å². The third-order valence-corrected chi connectivity index (χ3v) is 2.48. The van der Waals surface area contributed by atoms with Gasteiger partial charge < -0.3 is 14.5 Å². The molecule has 1 N–H and O–H groups in total. The zero-order chi connectivity index (χ0) is 12.3. The molecular formula is C12H10N2O3. The van der Waals surface area contributed by atoms with Crippen molar-refractivity contribution < 1.29 is 13.9 Å². The van der Waals surface area contributed by atoms with E-state index in [1.165, 1.54) is 19.6 Å². The highest BCUT2D eigenvalue weighted by Gasteiger charge is 2.31. The molecule has 5 nitrogen and oxygen atoms in total. The Labute approximate surface area is 98.0 Å². The minimum atomic E-state index is -0.510. The van der Waals surface area contributed by atoms with Crippen LogP contribution in [0.3, 0.4) is 0 Å². The molecule has 0 spiro atoms. The molecule has 0 amide bonds. The van der Waals surface area contributed by atoms with Gasteiger partial charge in [-0.05, 0) is 12.1 Å². The molecule has 17 heavy (non-hydrogen) atoms. The lowest BCUT2D eigenvalue weighted by atomic mass is 9.88. The number of hydrogen-bond donors (Lipinski definition) is 1. The lowest BCUT2D eigenvalue weighted by Gasteiger charge is -2.19. The molecule has 1 aliphatic rings. The molecule has 0 fully saturated rings. The van der Waals surface area contributed by atoms with E-state index in [0.29, 0.717) is 16.9 Å². The zero-order valence-corrected chi connectivity index (χ0v) is 9.14. The monoisotopic (exact) mass is 230 g/mol. The van der Waals surface area contributed by atoms with Crippen LogP contribution in [0.25, 0.3) is 0 Å². The van der Waals surface area contributed by atoms with Crippen LogP contribution in [0.2, 0.25) is 0 Å². The van der Waals surface area contributed by atoms with Crippen LogP contribution >= 0.6 is 0 Å². The van der Waals surface area contributed by atoms with E-state index in [9.17, 15) is 4.79 Å². The van der Waals surface area contributed by atoms with Crippen LogP contribution < -0.4 is 5.32 Å². The van der Waals surface area contributed by atoms with Gasteiger partial charge in [-0.1, -0.05) is 0 Å². The molecule has 1 aromatic heterocycles. The van der Waals surface area contributed by atoms with Crippen LogP contribution in [0.15, 0.2) is 46.4 Å². The van der Waals surface area contributed by atoms with E-state index >= 15 is 0 Å². The summed E-state index contributed by atoms with van der Waals surface area (Å²) in [6.45, 7) is 0. The number of nitrogens with one attached hydrogen (secondary N) is 1. The summed E-state index contributed by atoms with van der Waals surface area (Å²) in [4.78, 5) is 11.6. The van der Waals surface area contributed by atoms with Gasteiger partial charge in [0.15, 0.2) is 0 Å². The van der Waals surface area contributed by atoms with Gasteiger partial charge in [-0.2, -0.15) is 5.26 Å². The highest BCUT2D eigenvalue weighted by atomic mass is 16.5. The van der Waals surface area contributed by atoms with Gasteiger partial charge in [0.1, 0.15) is 5.76 Å². The van der Waals surface area contributed by atoms with Gasteiger partial charge in [-0.25, -0.2) is 4.79 Å². The van der Waals surface area contributed by atoms with Crippen molar-refractivity contribution in [2.75, 3.05) is 7.11 Å². The largest absolute Gasteiger partial charge is 0.468 e. The Morgan fingerprint density at radius 2 is 2.41 bits per heavy atom. The summed E-state index contributed by atoms with van der Waals surface area (Å²) >= 11 is 0. The second-order valence-corrected chi connectivity index (χ2v) is 3.42. The second-order valence-electron chi connectivity index (χ2n) is 3.42. The lowest BCUT2D eigenvalue weighted by molar-refractivity contribution is -0.136. The quantitative estimate of drug-likeness (QED) is 0.778. The van der Waals surface area contributed by atoms with Crippen molar-refractivity contribution in [2.24, 2.45) is 0 Å². The number of rotatable bonds is 2. The zero-order valence-electron chi connectivity index (χ0n) is 9.14. The fourth-order valence-electron chi connectivity index (χ4n) is 1.71. The molecule has 0 bridgehead atoms. The van der Waals surface area contributed by atoms with Gasteiger partial charge in [0, 0.05) is 12.4 Å². The van der Waals surface area contributed by atoms with E-state index in [1.54, 1.807) is 18.3 Å². The maximum atomic E-state index is 11.6. The molecule has 0 saturated heterocycles. The Balaban J connectivity index is 2.43. The van der Waals surface area contributed by atoms with E-state index in [2.05, 4.69) is 10.1 Å². The number of carbonyl (C=O) groups excluding carboxylic acids is 1. The molecule has 0 radical (unpaired) electrons. The van der Waals surface area contributed by atoms with Crippen molar-refractivity contribution in [3.05, 3.63) is 47.7 Å². The van der Waals surface area contributed by atoms with Gasteiger partial charge in [0.25, 0.3) is 0 Å². The number of dihydropyridines is 1. The van der Waals surface area contributed by atoms with Crippen molar-refractivity contribution in [3.63, 3.8) is 0 Å². The van der Waals surface area contributed by atoms with Crippen molar-refractivity contribution >= 4 is 5.97 Å². The van der Waals surface area contributed by atoms with Crippen LogP contribution in [0.5, 0.6) is 0 Å². The first kappa shape index (κ1) is 11.0. The highest BCUT2D eigenvalue weighted by Crippen LogP contribution is 2.33. The van der Waals surface area contributed by atoms with E-state index in [4.69, 9.17) is 9.68 Å². The maximum Gasteiger partial charge on any atom is 0.336 e. The summed E-state index contributed by atoms with van der Waals surface area (Å²) in [5.74, 6) is -0.459. The molecule has 1 aliphatic heterocycles. The standard InChI is InChI=1S/C12H10N2O3/c1-16-12(15)9-7-14-6-8(5-13)11(9)10-3-2-4-17-10/h2-4,6-7,11,14H,1H3. The number of nitrogens with zero attached hydrogens (tertiary/aromatic N) is 1. The van der Waals surface area contributed by atoms with Gasteiger partial charge in [-0.15, -0.1) is 0 Å². The summed E-state index contributed by atoms with van der Waals surface area (Å²) in [5, 5.41) is 11.8. The summed E-state index contributed by atoms with van der Waals surface area (Å²) in [6, 6.07) is 5.47. The Hall–Kier alpha value is -2.48. The van der Waals surface area contributed by atoms with E-state index in [0.717, 1.165) is 0 Å². The normalized spacial score (nSPS) is 18.5. The first-order valence-corrected chi connectivity index (χ1v) is 4.96. The van der Waals surface area contributed by atoms with Crippen molar-refractivity contribution in [2.45, 2.75) is 5.92 Å². The molecule has 2 heterocycles. The van der Waals surface area contributed by atoms with E-state index in [-0.39, 0.29) is 0 Å². The number of esters is 1. The maximum absolute atomic E-state index is 11.6. The minimum absolute atomic E-state index is 0.349. The lowest BCUT2D eigenvalue weighted by Crippen LogP contribution is -2.21. The summed E-state index contributed by atoms with van der Waals surface area (Å²) in [5.41, 5.74) is 0.754. The Morgan fingerprint density at radius 1 is 1.59 bits per heavy atom. The van der Waals surface area contributed by atoms with Gasteiger partial charge in [0.2, 0.25) is 0 Å². The Kier molecular flexibility index (Phi) is 2.97. The summed E-state index contributed by atoms with van der Waals surface area (Å²) in [6.07, 6.45) is 4.56. The fraction of sp³-hybridized carbons (Fsp3) is 0.167. The predicted molar refractivity (Wildman–Crippen MR) is 58.4 cm³/mol. The van der Waals surface area contributed by atoms with Crippen LogP contribution in [0.4, 0.5) is 0 Å². The number of carbonyl (C=O) groups is 1. The molecule has 1 aromatic rings. The van der Waals surface area contributed by atoms with E-state index < -0.39 is 11.9 Å². The highest BCUT2D eigenvalue weighted by molar-refractivity contribution is 5.91. The minimum Gasteiger partial charge on any atom is -0.468 e. The molecule has 0 aliphatic carbocycles. The second kappa shape index (κ2) is 4.58. The molecule has 0 aromatic carbocycles. The van der Waals surface area contributed by atoms with Gasteiger partial charge in [-0.3, -0.25) is 0 Å². The first-order valence-electron chi connectivity index (χ1n) is 4.96. The number of hydrogen-bond acceptors (Lipinski definition) is 5. The average Bonchev–Trinajstić information content (AvgIpc) is 2.90. The third-order valence-electron chi connectivity index (χ3n) is 2.48. The Morgan fingerprint density at radius 3 is 3.00 bits per heavy atom. The van der Waals surface area contributed by atoms with Crippen molar-refractivity contribution in [3.8, 4) is 6.07 Å². The number of methoxy groups -OCH3 is 1. The first-order chi connectivity index (χ1) is 8.27. The van der Waals surface area contributed by atoms with E-state index in [1.807, 2.05) is 6.07 Å². The fourth-order valence-corrected chi connectivity index (χ4v) is 1.71. The number of nitriles is 1. The van der Waals surface area contributed by atoms with Gasteiger partial charge >= 0.3 is 5.97 Å². The van der Waals surface area contributed by atoms with Crippen LogP contribution in [0.1, 0.15) is 11.7 Å². The molecule has 86 valence electrons. The molecular weight excluding hydrogens is 220 g/mol.